The Bertz CT molecular complexity index is 916. The Morgan fingerprint density at radius 1 is 1.11 bits per heavy atom. The number of ether oxygens (including phenoxy) is 1. The molecule has 0 unspecified atom stereocenters. The van der Waals surface area contributed by atoms with Crippen molar-refractivity contribution in [3.63, 3.8) is 0 Å². The first-order valence-electron chi connectivity index (χ1n) is 9.21. The van der Waals surface area contributed by atoms with Gasteiger partial charge in [-0.25, -0.2) is 9.97 Å². The van der Waals surface area contributed by atoms with Gasteiger partial charge in [-0.15, -0.1) is 0 Å². The van der Waals surface area contributed by atoms with Gasteiger partial charge in [0.2, 0.25) is 5.95 Å². The third kappa shape index (κ3) is 4.34. The number of hydrogen-bond acceptors (Lipinski definition) is 5. The summed E-state index contributed by atoms with van der Waals surface area (Å²) >= 11 is 0. The summed E-state index contributed by atoms with van der Waals surface area (Å²) in [5.74, 6) is 1.31. The van der Waals surface area contributed by atoms with Gasteiger partial charge in [0.25, 0.3) is 5.91 Å². The van der Waals surface area contributed by atoms with Crippen molar-refractivity contribution in [3.8, 4) is 5.75 Å². The quantitative estimate of drug-likeness (QED) is 0.756. The molecule has 6 heteroatoms. The summed E-state index contributed by atoms with van der Waals surface area (Å²) in [5.41, 5.74) is 0. The van der Waals surface area contributed by atoms with Gasteiger partial charge >= 0.3 is 0 Å². The van der Waals surface area contributed by atoms with Crippen molar-refractivity contribution in [1.82, 2.24) is 15.3 Å². The highest BCUT2D eigenvalue weighted by Gasteiger charge is 2.23. The molecule has 1 amide bonds. The molecule has 2 aromatic carbocycles. The number of rotatable bonds is 5. The molecular weight excluding hydrogens is 340 g/mol. The minimum atomic E-state index is -0.107. The number of nitrogens with one attached hydrogen (secondary N) is 1. The number of amides is 1. The van der Waals surface area contributed by atoms with Crippen LogP contribution in [-0.2, 0) is 4.79 Å². The number of carbonyl (C=O) groups is 1. The number of nitrogens with zero attached hydrogens (tertiary/aromatic N) is 3. The van der Waals surface area contributed by atoms with Gasteiger partial charge in [0.05, 0.1) is 0 Å². The van der Waals surface area contributed by atoms with E-state index in [0.29, 0.717) is 18.2 Å². The van der Waals surface area contributed by atoms with Gasteiger partial charge in [-0.1, -0.05) is 30.3 Å². The molecule has 2 heterocycles. The van der Waals surface area contributed by atoms with Crippen LogP contribution in [0.5, 0.6) is 5.75 Å². The smallest absolute Gasteiger partial charge is 0.258 e. The minimum absolute atomic E-state index is 0.0106. The molecule has 138 valence electrons. The number of benzene rings is 2. The number of fused-ring (bicyclic) bond motifs is 1. The first-order chi connectivity index (χ1) is 13.3. The van der Waals surface area contributed by atoms with Gasteiger partial charge in [0.15, 0.2) is 6.61 Å². The fourth-order valence-electron chi connectivity index (χ4n) is 3.41. The molecule has 1 aliphatic heterocycles. The zero-order valence-electron chi connectivity index (χ0n) is 15.0. The van der Waals surface area contributed by atoms with Crippen LogP contribution in [0.15, 0.2) is 60.9 Å². The van der Waals surface area contributed by atoms with Gasteiger partial charge in [0, 0.05) is 31.5 Å². The fourth-order valence-corrected chi connectivity index (χ4v) is 3.41. The van der Waals surface area contributed by atoms with Crippen LogP contribution < -0.4 is 15.0 Å². The van der Waals surface area contributed by atoms with E-state index in [0.717, 1.165) is 30.2 Å². The Morgan fingerprint density at radius 2 is 1.93 bits per heavy atom. The molecule has 0 spiro atoms. The van der Waals surface area contributed by atoms with Crippen LogP contribution in [0, 0.1) is 0 Å². The summed E-state index contributed by atoms with van der Waals surface area (Å²) < 4.78 is 5.68. The number of hydrogen-bond donors (Lipinski definition) is 1. The maximum absolute atomic E-state index is 12.3. The average Bonchev–Trinajstić information content (AvgIpc) is 2.73. The van der Waals surface area contributed by atoms with Crippen molar-refractivity contribution >= 4 is 22.6 Å². The average molecular weight is 362 g/mol. The van der Waals surface area contributed by atoms with Crippen molar-refractivity contribution in [1.29, 1.82) is 0 Å². The van der Waals surface area contributed by atoms with Crippen LogP contribution in [0.25, 0.3) is 10.8 Å². The van der Waals surface area contributed by atoms with E-state index in [1.54, 1.807) is 18.5 Å². The summed E-state index contributed by atoms with van der Waals surface area (Å²) in [7, 11) is 0. The Hall–Kier alpha value is -3.15. The highest BCUT2D eigenvalue weighted by molar-refractivity contribution is 5.84. The first kappa shape index (κ1) is 17.3. The zero-order chi connectivity index (χ0) is 18.5. The van der Waals surface area contributed by atoms with E-state index in [1.807, 2.05) is 36.4 Å². The van der Waals surface area contributed by atoms with E-state index >= 15 is 0 Å². The lowest BCUT2D eigenvalue weighted by Gasteiger charge is -2.33. The highest BCUT2D eigenvalue weighted by Crippen LogP contribution is 2.20. The third-order valence-electron chi connectivity index (χ3n) is 4.71. The summed E-state index contributed by atoms with van der Waals surface area (Å²) in [6.45, 7) is 1.63. The van der Waals surface area contributed by atoms with Crippen molar-refractivity contribution in [2.75, 3.05) is 24.6 Å². The van der Waals surface area contributed by atoms with Crippen molar-refractivity contribution < 1.29 is 9.53 Å². The van der Waals surface area contributed by atoms with E-state index in [4.69, 9.17) is 4.74 Å². The lowest BCUT2D eigenvalue weighted by atomic mass is 10.1. The molecular formula is C21H22N4O2. The SMILES string of the molecule is O=C(COc1ccc2ccccc2c1)N[C@@H]1CCCN(c2ncccn2)C1. The lowest BCUT2D eigenvalue weighted by molar-refractivity contribution is -0.123. The molecule has 0 saturated carbocycles. The molecule has 1 N–H and O–H groups in total. The molecule has 0 aliphatic carbocycles. The molecule has 1 saturated heterocycles. The van der Waals surface area contributed by atoms with E-state index in [1.165, 1.54) is 0 Å². The molecule has 1 atom stereocenters. The lowest BCUT2D eigenvalue weighted by Crippen LogP contribution is -2.49. The second-order valence-corrected chi connectivity index (χ2v) is 6.70. The molecule has 1 fully saturated rings. The van der Waals surface area contributed by atoms with Crippen LogP contribution >= 0.6 is 0 Å². The number of aromatic nitrogens is 2. The van der Waals surface area contributed by atoms with E-state index in [-0.39, 0.29) is 18.6 Å². The fraction of sp³-hybridized carbons (Fsp3) is 0.286. The predicted octanol–water partition coefficient (Wildman–Crippen LogP) is 2.79. The standard InChI is InChI=1S/C21H22N4O2/c26-20(15-27-19-9-8-16-5-1-2-6-17(16)13-19)24-18-7-3-12-25(14-18)21-22-10-4-11-23-21/h1-2,4-6,8-11,13,18H,3,7,12,14-15H2,(H,24,26)/t18-/m1/s1. The molecule has 27 heavy (non-hydrogen) atoms. The van der Waals surface area contributed by atoms with Crippen LogP contribution in [-0.4, -0.2) is 41.6 Å². The van der Waals surface area contributed by atoms with E-state index < -0.39 is 0 Å². The van der Waals surface area contributed by atoms with Crippen LogP contribution in [0.4, 0.5) is 5.95 Å². The number of piperidine rings is 1. The Kier molecular flexibility index (Phi) is 5.14. The van der Waals surface area contributed by atoms with Crippen LogP contribution in [0.1, 0.15) is 12.8 Å². The van der Waals surface area contributed by atoms with E-state index in [9.17, 15) is 4.79 Å². The summed E-state index contributed by atoms with van der Waals surface area (Å²) in [6.07, 6.45) is 5.42. The predicted molar refractivity (Wildman–Crippen MR) is 105 cm³/mol. The molecule has 1 aliphatic rings. The molecule has 1 aromatic heterocycles. The van der Waals surface area contributed by atoms with Crippen molar-refractivity contribution in [2.24, 2.45) is 0 Å². The summed E-state index contributed by atoms with van der Waals surface area (Å²) in [6, 6.07) is 15.8. The molecule has 3 aromatic rings. The molecule has 0 bridgehead atoms. The molecule has 6 nitrogen and oxygen atoms in total. The monoisotopic (exact) mass is 362 g/mol. The Balaban J connectivity index is 1.30. The Labute approximate surface area is 158 Å². The van der Waals surface area contributed by atoms with Crippen molar-refractivity contribution in [3.05, 3.63) is 60.9 Å². The molecule has 4 rings (SSSR count). The van der Waals surface area contributed by atoms with E-state index in [2.05, 4.69) is 26.3 Å². The number of carbonyl (C=O) groups excluding carboxylic acids is 1. The van der Waals surface area contributed by atoms with Gasteiger partial charge < -0.3 is 15.0 Å². The first-order valence-corrected chi connectivity index (χ1v) is 9.21. The van der Waals surface area contributed by atoms with Gasteiger partial charge in [-0.3, -0.25) is 4.79 Å². The maximum Gasteiger partial charge on any atom is 0.258 e. The van der Waals surface area contributed by atoms with Gasteiger partial charge in [0.1, 0.15) is 5.75 Å². The molecule has 0 radical (unpaired) electrons. The summed E-state index contributed by atoms with van der Waals surface area (Å²) in [4.78, 5) is 23.0. The van der Waals surface area contributed by atoms with Gasteiger partial charge in [-0.2, -0.15) is 0 Å². The largest absolute Gasteiger partial charge is 0.484 e. The zero-order valence-corrected chi connectivity index (χ0v) is 15.0. The van der Waals surface area contributed by atoms with Gasteiger partial charge in [-0.05, 0) is 41.8 Å². The second kappa shape index (κ2) is 8.03. The normalized spacial score (nSPS) is 16.9. The van der Waals surface area contributed by atoms with Crippen LogP contribution in [0.3, 0.4) is 0 Å². The minimum Gasteiger partial charge on any atom is -0.484 e. The topological polar surface area (TPSA) is 67.3 Å². The van der Waals surface area contributed by atoms with Crippen molar-refractivity contribution in [2.45, 2.75) is 18.9 Å². The Morgan fingerprint density at radius 3 is 2.78 bits per heavy atom. The number of anilines is 1. The van der Waals surface area contributed by atoms with Crippen LogP contribution in [0.2, 0.25) is 0 Å². The maximum atomic E-state index is 12.3. The second-order valence-electron chi connectivity index (χ2n) is 6.70. The summed E-state index contributed by atoms with van der Waals surface area (Å²) in [5, 5.41) is 5.32. The highest BCUT2D eigenvalue weighted by atomic mass is 16.5. The third-order valence-corrected chi connectivity index (χ3v) is 4.71.